The van der Waals surface area contributed by atoms with Crippen LogP contribution in [0.2, 0.25) is 0 Å². The molecule has 2 rings (SSSR count). The Bertz CT molecular complexity index is 565. The first-order valence-corrected chi connectivity index (χ1v) is 8.38. The van der Waals surface area contributed by atoms with Gasteiger partial charge in [0.15, 0.2) is 0 Å². The van der Waals surface area contributed by atoms with Crippen LogP contribution in [0.15, 0.2) is 24.3 Å². The molecule has 1 saturated heterocycles. The molecule has 1 fully saturated rings. The first-order chi connectivity index (χ1) is 11.5. The van der Waals surface area contributed by atoms with Gasteiger partial charge < -0.3 is 15.4 Å². The van der Waals surface area contributed by atoms with Crippen LogP contribution in [0.4, 0.5) is 4.79 Å². The van der Waals surface area contributed by atoms with Gasteiger partial charge >= 0.3 is 6.03 Å². The second-order valence-electron chi connectivity index (χ2n) is 6.43. The number of hydrogen-bond donors (Lipinski definition) is 3. The van der Waals surface area contributed by atoms with Crippen molar-refractivity contribution in [1.82, 2.24) is 16.0 Å². The Labute approximate surface area is 143 Å². The zero-order chi connectivity index (χ0) is 17.6. The molecule has 0 bridgehead atoms. The minimum Gasteiger partial charge on any atom is -0.381 e. The Hall–Kier alpha value is -1.92. The first kappa shape index (κ1) is 18.4. The predicted molar refractivity (Wildman–Crippen MR) is 93.0 cm³/mol. The Morgan fingerprint density at radius 2 is 1.83 bits per heavy atom. The summed E-state index contributed by atoms with van der Waals surface area (Å²) in [6.45, 7) is 5.94. The zero-order valence-electron chi connectivity index (χ0n) is 14.6. The number of nitrogens with one attached hydrogen (secondary N) is 3. The third kappa shape index (κ3) is 4.55. The third-order valence-corrected chi connectivity index (χ3v) is 4.72. The van der Waals surface area contributed by atoms with Crippen LogP contribution in [0.3, 0.4) is 0 Å². The number of aryl methyl sites for hydroxylation is 1. The van der Waals surface area contributed by atoms with Crippen molar-refractivity contribution in [3.63, 3.8) is 0 Å². The quantitative estimate of drug-likeness (QED) is 0.762. The highest BCUT2D eigenvalue weighted by Gasteiger charge is 2.35. The van der Waals surface area contributed by atoms with Gasteiger partial charge in [0.1, 0.15) is 0 Å². The van der Waals surface area contributed by atoms with E-state index in [1.54, 1.807) is 6.92 Å². The molecule has 6 nitrogen and oxygen atoms in total. The molecular formula is C18H27N3O3. The second-order valence-corrected chi connectivity index (χ2v) is 6.43. The highest BCUT2D eigenvalue weighted by molar-refractivity contribution is 5.96. The maximum absolute atomic E-state index is 12.0. The van der Waals surface area contributed by atoms with E-state index in [4.69, 9.17) is 4.74 Å². The van der Waals surface area contributed by atoms with E-state index in [9.17, 15) is 9.59 Å². The average Bonchev–Trinajstić information content (AvgIpc) is 2.60. The van der Waals surface area contributed by atoms with E-state index >= 15 is 0 Å². The topological polar surface area (TPSA) is 79.5 Å². The molecule has 0 aliphatic carbocycles. The van der Waals surface area contributed by atoms with Crippen LogP contribution in [-0.2, 0) is 14.9 Å². The number of urea groups is 1. The third-order valence-electron chi connectivity index (χ3n) is 4.72. The lowest BCUT2D eigenvalue weighted by atomic mass is 9.74. The van der Waals surface area contributed by atoms with Gasteiger partial charge in [0.2, 0.25) is 5.91 Å². The molecule has 6 heteroatoms. The van der Waals surface area contributed by atoms with Crippen LogP contribution in [0.5, 0.6) is 0 Å². The minimum absolute atomic E-state index is 0.0481. The minimum atomic E-state index is -0.493. The highest BCUT2D eigenvalue weighted by Crippen LogP contribution is 2.34. The summed E-state index contributed by atoms with van der Waals surface area (Å²) in [5.74, 6) is -0.333. The molecule has 3 amide bonds. The van der Waals surface area contributed by atoms with Crippen LogP contribution >= 0.6 is 0 Å². The van der Waals surface area contributed by atoms with Gasteiger partial charge in [0, 0.05) is 32.2 Å². The fourth-order valence-corrected chi connectivity index (χ4v) is 2.96. The van der Waals surface area contributed by atoms with Crippen molar-refractivity contribution in [1.29, 1.82) is 0 Å². The number of imide groups is 1. The molecule has 1 aliphatic rings. The normalized spacial score (nSPS) is 17.8. The number of ether oxygens (including phenoxy) is 1. The van der Waals surface area contributed by atoms with Crippen molar-refractivity contribution in [2.24, 2.45) is 0 Å². The molecule has 1 unspecified atom stereocenters. The van der Waals surface area contributed by atoms with Gasteiger partial charge in [-0.05, 0) is 32.3 Å². The van der Waals surface area contributed by atoms with E-state index < -0.39 is 12.1 Å². The number of amides is 3. The Kier molecular flexibility index (Phi) is 6.34. The van der Waals surface area contributed by atoms with Gasteiger partial charge in [0.25, 0.3) is 0 Å². The van der Waals surface area contributed by atoms with Gasteiger partial charge in [-0.25, -0.2) is 4.79 Å². The largest absolute Gasteiger partial charge is 0.381 e. The molecule has 1 aliphatic heterocycles. The molecule has 1 atom stereocenters. The van der Waals surface area contributed by atoms with Crippen LogP contribution < -0.4 is 16.0 Å². The molecule has 1 aromatic carbocycles. The molecule has 1 heterocycles. The van der Waals surface area contributed by atoms with Crippen molar-refractivity contribution in [2.45, 2.75) is 38.1 Å². The molecule has 0 radical (unpaired) electrons. The summed E-state index contributed by atoms with van der Waals surface area (Å²) in [5, 5.41) is 7.97. The van der Waals surface area contributed by atoms with E-state index in [0.29, 0.717) is 19.8 Å². The monoisotopic (exact) mass is 333 g/mol. The first-order valence-electron chi connectivity index (χ1n) is 8.38. The molecule has 24 heavy (non-hydrogen) atoms. The fourth-order valence-electron chi connectivity index (χ4n) is 2.96. The van der Waals surface area contributed by atoms with Crippen molar-refractivity contribution < 1.29 is 14.3 Å². The van der Waals surface area contributed by atoms with Crippen LogP contribution in [0, 0.1) is 6.92 Å². The van der Waals surface area contributed by atoms with Crippen LogP contribution in [0.25, 0.3) is 0 Å². The molecule has 1 aromatic rings. The molecule has 0 aromatic heterocycles. The summed E-state index contributed by atoms with van der Waals surface area (Å²) in [7, 11) is 1.48. The lowest BCUT2D eigenvalue weighted by Gasteiger charge is -2.38. The summed E-state index contributed by atoms with van der Waals surface area (Å²) < 4.78 is 5.53. The smallest absolute Gasteiger partial charge is 0.321 e. The number of rotatable bonds is 5. The predicted octanol–water partition coefficient (Wildman–Crippen LogP) is 1.48. The average molecular weight is 333 g/mol. The Morgan fingerprint density at radius 3 is 2.42 bits per heavy atom. The molecule has 3 N–H and O–H groups in total. The van der Waals surface area contributed by atoms with E-state index in [1.807, 2.05) is 0 Å². The van der Waals surface area contributed by atoms with Crippen molar-refractivity contribution in [3.8, 4) is 0 Å². The summed E-state index contributed by atoms with van der Waals surface area (Å²) in [6, 6.07) is 7.62. The van der Waals surface area contributed by atoms with Crippen LogP contribution in [0.1, 0.15) is 30.9 Å². The van der Waals surface area contributed by atoms with Crippen molar-refractivity contribution in [3.05, 3.63) is 35.4 Å². The highest BCUT2D eigenvalue weighted by atomic mass is 16.5. The molecule has 132 valence electrons. The standard InChI is InChI=1S/C18H27N3O3/c1-13-4-6-15(7-5-13)18(8-10-24-11-9-18)12-20-14(2)16(22)21-17(23)19-3/h4-7,14,20H,8-12H2,1-3H3,(H2,19,21,22,23). The van der Waals surface area contributed by atoms with Gasteiger partial charge in [-0.2, -0.15) is 0 Å². The van der Waals surface area contributed by atoms with Crippen molar-refractivity contribution in [2.75, 3.05) is 26.8 Å². The molecule has 0 saturated carbocycles. The van der Waals surface area contributed by atoms with Crippen molar-refractivity contribution >= 4 is 11.9 Å². The lowest BCUT2D eigenvalue weighted by Crippen LogP contribution is -2.51. The van der Waals surface area contributed by atoms with E-state index in [2.05, 4.69) is 47.1 Å². The summed E-state index contributed by atoms with van der Waals surface area (Å²) in [6.07, 6.45) is 1.82. The second kappa shape index (κ2) is 8.26. The number of carbonyl (C=O) groups is 2. The van der Waals surface area contributed by atoms with Gasteiger partial charge in [-0.15, -0.1) is 0 Å². The van der Waals surface area contributed by atoms with E-state index in [1.165, 1.54) is 18.2 Å². The van der Waals surface area contributed by atoms with Crippen LogP contribution in [-0.4, -0.2) is 44.8 Å². The molecular weight excluding hydrogens is 306 g/mol. The maximum atomic E-state index is 12.0. The lowest BCUT2D eigenvalue weighted by molar-refractivity contribution is -0.121. The number of carbonyl (C=O) groups excluding carboxylic acids is 2. The summed E-state index contributed by atoms with van der Waals surface area (Å²) in [4.78, 5) is 23.3. The van der Waals surface area contributed by atoms with Gasteiger partial charge in [0.05, 0.1) is 6.04 Å². The zero-order valence-corrected chi connectivity index (χ0v) is 14.6. The number of hydrogen-bond acceptors (Lipinski definition) is 4. The van der Waals surface area contributed by atoms with E-state index in [-0.39, 0.29) is 11.3 Å². The Morgan fingerprint density at radius 1 is 1.21 bits per heavy atom. The Balaban J connectivity index is 2.05. The fraction of sp³-hybridized carbons (Fsp3) is 0.556. The van der Waals surface area contributed by atoms with E-state index in [0.717, 1.165) is 12.8 Å². The van der Waals surface area contributed by atoms with Gasteiger partial charge in [-0.3, -0.25) is 10.1 Å². The molecule has 0 spiro atoms. The SMILES string of the molecule is CNC(=O)NC(=O)C(C)NCC1(c2ccc(C)cc2)CCOCC1. The maximum Gasteiger partial charge on any atom is 0.321 e. The van der Waals surface area contributed by atoms with Gasteiger partial charge in [-0.1, -0.05) is 29.8 Å². The summed E-state index contributed by atoms with van der Waals surface area (Å²) in [5.41, 5.74) is 2.45. The number of benzene rings is 1. The summed E-state index contributed by atoms with van der Waals surface area (Å²) >= 11 is 0.